The monoisotopic (exact) mass is 263 g/mol. The molecule has 0 aliphatic carbocycles. The fourth-order valence-corrected chi connectivity index (χ4v) is 2.34. The summed E-state index contributed by atoms with van der Waals surface area (Å²) in [5, 5.41) is 3.01. The van der Waals surface area contributed by atoms with Gasteiger partial charge in [-0.15, -0.1) is 11.3 Å². The zero-order valence-corrected chi connectivity index (χ0v) is 11.3. The molecule has 1 heterocycles. The van der Waals surface area contributed by atoms with Gasteiger partial charge in [0.2, 0.25) is 0 Å². The van der Waals surface area contributed by atoms with Crippen LogP contribution >= 0.6 is 11.3 Å². The van der Waals surface area contributed by atoms with Crippen molar-refractivity contribution in [1.29, 1.82) is 0 Å². The van der Waals surface area contributed by atoms with E-state index in [0.717, 1.165) is 22.0 Å². The number of nitrogens with two attached hydrogens (primary N) is 1. The van der Waals surface area contributed by atoms with E-state index in [-0.39, 0.29) is 6.10 Å². The van der Waals surface area contributed by atoms with Crippen LogP contribution in [0.1, 0.15) is 18.9 Å². The first-order valence-corrected chi connectivity index (χ1v) is 6.72. The lowest BCUT2D eigenvalue weighted by Crippen LogP contribution is -2.20. The first-order chi connectivity index (χ1) is 8.69. The quantitative estimate of drug-likeness (QED) is 0.643. The molecule has 0 saturated carbocycles. The second kappa shape index (κ2) is 5.95. The van der Waals surface area contributed by atoms with Crippen LogP contribution in [-0.4, -0.2) is 11.1 Å². The van der Waals surface area contributed by atoms with Gasteiger partial charge in [0.1, 0.15) is 10.8 Å². The minimum Gasteiger partial charge on any atom is -0.491 e. The first kappa shape index (κ1) is 13.0. The Hall–Kier alpha value is -1.43. The lowest BCUT2D eigenvalue weighted by Gasteiger charge is -2.09. The largest absolute Gasteiger partial charge is 0.491 e. The van der Waals surface area contributed by atoms with E-state index in [1.807, 2.05) is 43.5 Å². The molecule has 0 aliphatic rings. The van der Waals surface area contributed by atoms with Crippen LogP contribution < -0.4 is 16.0 Å². The van der Waals surface area contributed by atoms with Crippen molar-refractivity contribution in [1.82, 2.24) is 10.4 Å². The summed E-state index contributed by atoms with van der Waals surface area (Å²) in [5.41, 5.74) is 4.67. The molecule has 0 unspecified atom stereocenters. The SMILES string of the molecule is CC(C)Oc1ccc(-c2csc(CNN)n2)cc1. The average molecular weight is 263 g/mol. The second-order valence-electron chi connectivity index (χ2n) is 4.20. The number of ether oxygens (including phenoxy) is 1. The third-order valence-electron chi connectivity index (χ3n) is 2.33. The van der Waals surface area contributed by atoms with E-state index in [9.17, 15) is 0 Å². The van der Waals surface area contributed by atoms with Crippen molar-refractivity contribution in [2.45, 2.75) is 26.5 Å². The molecule has 18 heavy (non-hydrogen) atoms. The minimum absolute atomic E-state index is 0.192. The molecular formula is C13H17N3OS. The van der Waals surface area contributed by atoms with E-state index in [1.165, 1.54) is 0 Å². The van der Waals surface area contributed by atoms with E-state index in [1.54, 1.807) is 11.3 Å². The van der Waals surface area contributed by atoms with Crippen LogP contribution in [0.4, 0.5) is 0 Å². The van der Waals surface area contributed by atoms with Gasteiger partial charge in [0.15, 0.2) is 0 Å². The van der Waals surface area contributed by atoms with Gasteiger partial charge in [-0.2, -0.15) is 0 Å². The van der Waals surface area contributed by atoms with Crippen molar-refractivity contribution in [3.8, 4) is 17.0 Å². The van der Waals surface area contributed by atoms with Crippen molar-refractivity contribution in [3.63, 3.8) is 0 Å². The fraction of sp³-hybridized carbons (Fsp3) is 0.308. The fourth-order valence-electron chi connectivity index (χ4n) is 1.59. The highest BCUT2D eigenvalue weighted by molar-refractivity contribution is 7.09. The molecule has 0 spiro atoms. The number of rotatable bonds is 5. The van der Waals surface area contributed by atoms with Gasteiger partial charge in [-0.3, -0.25) is 11.3 Å². The molecule has 96 valence electrons. The van der Waals surface area contributed by atoms with Crippen LogP contribution in [0.15, 0.2) is 29.6 Å². The predicted octanol–water partition coefficient (Wildman–Crippen LogP) is 2.56. The van der Waals surface area contributed by atoms with Crippen LogP contribution in [-0.2, 0) is 6.54 Å². The van der Waals surface area contributed by atoms with Gasteiger partial charge in [-0.25, -0.2) is 4.98 Å². The van der Waals surface area contributed by atoms with Gasteiger partial charge in [0.05, 0.1) is 18.3 Å². The maximum atomic E-state index is 5.60. The van der Waals surface area contributed by atoms with E-state index in [0.29, 0.717) is 6.54 Å². The second-order valence-corrected chi connectivity index (χ2v) is 5.14. The zero-order chi connectivity index (χ0) is 13.0. The highest BCUT2D eigenvalue weighted by Gasteiger charge is 2.04. The maximum Gasteiger partial charge on any atom is 0.119 e. The standard InChI is InChI=1S/C13H17N3OS/c1-9(2)17-11-5-3-10(4-6-11)12-8-18-13(16-12)7-15-14/h3-6,8-9,15H,7,14H2,1-2H3. The summed E-state index contributed by atoms with van der Waals surface area (Å²) < 4.78 is 5.60. The van der Waals surface area contributed by atoms with Gasteiger partial charge in [-0.1, -0.05) is 0 Å². The molecular weight excluding hydrogens is 246 g/mol. The Morgan fingerprint density at radius 3 is 2.67 bits per heavy atom. The molecule has 1 aromatic carbocycles. The van der Waals surface area contributed by atoms with Gasteiger partial charge in [0, 0.05) is 10.9 Å². The van der Waals surface area contributed by atoms with Gasteiger partial charge in [-0.05, 0) is 38.1 Å². The molecule has 2 rings (SSSR count). The summed E-state index contributed by atoms with van der Waals surface area (Å²) in [4.78, 5) is 4.50. The number of aromatic nitrogens is 1. The van der Waals surface area contributed by atoms with Gasteiger partial charge < -0.3 is 4.74 Å². The Morgan fingerprint density at radius 1 is 1.33 bits per heavy atom. The Morgan fingerprint density at radius 2 is 2.06 bits per heavy atom. The van der Waals surface area contributed by atoms with Crippen molar-refractivity contribution >= 4 is 11.3 Å². The van der Waals surface area contributed by atoms with Gasteiger partial charge in [0.25, 0.3) is 0 Å². The van der Waals surface area contributed by atoms with Gasteiger partial charge >= 0.3 is 0 Å². The normalized spacial score (nSPS) is 10.9. The van der Waals surface area contributed by atoms with E-state index in [4.69, 9.17) is 10.6 Å². The smallest absolute Gasteiger partial charge is 0.119 e. The Bertz CT molecular complexity index is 493. The molecule has 0 aliphatic heterocycles. The summed E-state index contributed by atoms with van der Waals surface area (Å²) in [6.07, 6.45) is 0.192. The summed E-state index contributed by atoms with van der Waals surface area (Å²) in [5.74, 6) is 6.16. The molecule has 4 nitrogen and oxygen atoms in total. The predicted molar refractivity (Wildman–Crippen MR) is 74.3 cm³/mol. The summed E-state index contributed by atoms with van der Waals surface area (Å²) in [7, 11) is 0. The Kier molecular flexibility index (Phi) is 4.30. The maximum absolute atomic E-state index is 5.60. The highest BCUT2D eigenvalue weighted by Crippen LogP contribution is 2.24. The molecule has 0 amide bonds. The van der Waals surface area contributed by atoms with Crippen LogP contribution in [0.5, 0.6) is 5.75 Å². The van der Waals surface area contributed by atoms with Crippen LogP contribution in [0.25, 0.3) is 11.3 Å². The Balaban J connectivity index is 2.12. The number of hydrogen-bond acceptors (Lipinski definition) is 5. The highest BCUT2D eigenvalue weighted by atomic mass is 32.1. The molecule has 0 fully saturated rings. The third-order valence-corrected chi connectivity index (χ3v) is 3.18. The Labute approximate surface area is 111 Å². The lowest BCUT2D eigenvalue weighted by molar-refractivity contribution is 0.242. The average Bonchev–Trinajstić information content (AvgIpc) is 2.78. The summed E-state index contributed by atoms with van der Waals surface area (Å²) in [6.45, 7) is 4.63. The summed E-state index contributed by atoms with van der Waals surface area (Å²) in [6, 6.07) is 7.98. The third kappa shape index (κ3) is 3.29. The number of benzene rings is 1. The molecule has 0 atom stereocenters. The van der Waals surface area contributed by atoms with Crippen LogP contribution in [0.2, 0.25) is 0 Å². The molecule has 0 saturated heterocycles. The number of nitrogens with zero attached hydrogens (tertiary/aromatic N) is 1. The molecule has 1 aromatic heterocycles. The first-order valence-electron chi connectivity index (χ1n) is 5.84. The molecule has 5 heteroatoms. The van der Waals surface area contributed by atoms with Crippen molar-refractivity contribution in [2.24, 2.45) is 5.84 Å². The summed E-state index contributed by atoms with van der Waals surface area (Å²) >= 11 is 1.60. The molecule has 2 aromatic rings. The van der Waals surface area contributed by atoms with Crippen molar-refractivity contribution < 1.29 is 4.74 Å². The number of nitrogens with one attached hydrogen (secondary N) is 1. The van der Waals surface area contributed by atoms with Crippen LogP contribution in [0, 0.1) is 0 Å². The van der Waals surface area contributed by atoms with E-state index in [2.05, 4.69) is 10.4 Å². The lowest BCUT2D eigenvalue weighted by atomic mass is 10.2. The topological polar surface area (TPSA) is 60.2 Å². The number of thiazole rings is 1. The van der Waals surface area contributed by atoms with E-state index < -0.39 is 0 Å². The van der Waals surface area contributed by atoms with E-state index >= 15 is 0 Å². The zero-order valence-electron chi connectivity index (χ0n) is 10.5. The van der Waals surface area contributed by atoms with Crippen molar-refractivity contribution in [2.75, 3.05) is 0 Å². The van der Waals surface area contributed by atoms with Crippen molar-refractivity contribution in [3.05, 3.63) is 34.7 Å². The molecule has 0 radical (unpaired) electrons. The molecule has 0 bridgehead atoms. The number of hydrazine groups is 1. The minimum atomic E-state index is 0.192. The number of hydrogen-bond donors (Lipinski definition) is 2. The molecule has 3 N–H and O–H groups in total. The van der Waals surface area contributed by atoms with Crippen LogP contribution in [0.3, 0.4) is 0 Å².